The molecule has 4 heteroatoms. The molecule has 0 saturated carbocycles. The molecule has 76 valence electrons. The van der Waals surface area contributed by atoms with E-state index in [2.05, 4.69) is 5.32 Å². The summed E-state index contributed by atoms with van der Waals surface area (Å²) in [6.07, 6.45) is 0.818. The van der Waals surface area contributed by atoms with E-state index in [0.29, 0.717) is 17.9 Å². The molecule has 0 aliphatic rings. The quantitative estimate of drug-likeness (QED) is 0.804. The number of amides is 1. The van der Waals surface area contributed by atoms with E-state index in [1.54, 1.807) is 24.3 Å². The van der Waals surface area contributed by atoms with E-state index in [1.807, 2.05) is 0 Å². The van der Waals surface area contributed by atoms with E-state index in [4.69, 9.17) is 16.7 Å². The van der Waals surface area contributed by atoms with Crippen LogP contribution in [0.3, 0.4) is 0 Å². The lowest BCUT2D eigenvalue weighted by molar-refractivity contribution is -0.116. The Morgan fingerprint density at radius 2 is 2.00 bits per heavy atom. The first kappa shape index (κ1) is 11.0. The summed E-state index contributed by atoms with van der Waals surface area (Å²) in [5.74, 6) is -0.0960. The molecule has 0 aliphatic carbocycles. The van der Waals surface area contributed by atoms with Gasteiger partial charge < -0.3 is 10.4 Å². The van der Waals surface area contributed by atoms with E-state index in [0.717, 1.165) is 5.69 Å². The third kappa shape index (κ3) is 3.77. The van der Waals surface area contributed by atoms with Gasteiger partial charge in [-0.1, -0.05) is 11.6 Å². The lowest BCUT2D eigenvalue weighted by atomic mass is 10.3. The fraction of sp³-hybridized carbons (Fsp3) is 0.300. The Hall–Kier alpha value is -1.06. The van der Waals surface area contributed by atoms with Crippen molar-refractivity contribution in [3.8, 4) is 0 Å². The van der Waals surface area contributed by atoms with Gasteiger partial charge in [0.2, 0.25) is 5.91 Å². The molecule has 0 aromatic heterocycles. The first-order valence-corrected chi connectivity index (χ1v) is 4.76. The highest BCUT2D eigenvalue weighted by atomic mass is 35.5. The number of hydrogen-bond donors (Lipinski definition) is 2. The number of halogens is 1. The van der Waals surface area contributed by atoms with Crippen molar-refractivity contribution in [3.05, 3.63) is 29.3 Å². The van der Waals surface area contributed by atoms with Gasteiger partial charge in [0, 0.05) is 23.7 Å². The number of aliphatic hydroxyl groups excluding tert-OH is 1. The molecule has 2 N–H and O–H groups in total. The van der Waals surface area contributed by atoms with Gasteiger partial charge in [-0.3, -0.25) is 4.79 Å². The van der Waals surface area contributed by atoms with Gasteiger partial charge in [-0.15, -0.1) is 0 Å². The molecule has 1 aromatic rings. The molecule has 0 unspecified atom stereocenters. The number of nitrogens with one attached hydrogen (secondary N) is 1. The smallest absolute Gasteiger partial charge is 0.224 e. The van der Waals surface area contributed by atoms with Crippen LogP contribution >= 0.6 is 11.6 Å². The summed E-state index contributed by atoms with van der Waals surface area (Å²) >= 11 is 5.69. The Morgan fingerprint density at radius 1 is 1.36 bits per heavy atom. The Kier molecular flexibility index (Phi) is 4.43. The maximum absolute atomic E-state index is 11.2. The number of aliphatic hydroxyl groups is 1. The Labute approximate surface area is 87.7 Å². The lowest BCUT2D eigenvalue weighted by Crippen LogP contribution is -2.11. The second-order valence-electron chi connectivity index (χ2n) is 2.88. The maximum Gasteiger partial charge on any atom is 0.224 e. The van der Waals surface area contributed by atoms with E-state index in [9.17, 15) is 4.79 Å². The molecular weight excluding hydrogens is 202 g/mol. The van der Waals surface area contributed by atoms with Crippen LogP contribution in [0.4, 0.5) is 5.69 Å². The molecule has 14 heavy (non-hydrogen) atoms. The second-order valence-corrected chi connectivity index (χ2v) is 3.32. The molecule has 3 nitrogen and oxygen atoms in total. The average molecular weight is 214 g/mol. The molecule has 0 aliphatic heterocycles. The fourth-order valence-corrected chi connectivity index (χ4v) is 1.12. The summed E-state index contributed by atoms with van der Waals surface area (Å²) in [6, 6.07) is 6.89. The van der Waals surface area contributed by atoms with Crippen LogP contribution < -0.4 is 5.32 Å². The fourth-order valence-electron chi connectivity index (χ4n) is 0.996. The average Bonchev–Trinajstić information content (AvgIpc) is 2.18. The summed E-state index contributed by atoms with van der Waals surface area (Å²) in [4.78, 5) is 11.2. The Balaban J connectivity index is 2.44. The van der Waals surface area contributed by atoms with Gasteiger partial charge in [0.15, 0.2) is 0 Å². The summed E-state index contributed by atoms with van der Waals surface area (Å²) in [5.41, 5.74) is 0.720. The molecule has 0 atom stereocenters. The van der Waals surface area contributed by atoms with Gasteiger partial charge in [0.1, 0.15) is 0 Å². The summed E-state index contributed by atoms with van der Waals surface area (Å²) < 4.78 is 0. The lowest BCUT2D eigenvalue weighted by Gasteiger charge is -2.03. The monoisotopic (exact) mass is 213 g/mol. The van der Waals surface area contributed by atoms with Crippen molar-refractivity contribution in [2.75, 3.05) is 11.9 Å². The van der Waals surface area contributed by atoms with Gasteiger partial charge >= 0.3 is 0 Å². The van der Waals surface area contributed by atoms with Crippen molar-refractivity contribution in [3.63, 3.8) is 0 Å². The highest BCUT2D eigenvalue weighted by Crippen LogP contribution is 2.13. The normalized spacial score (nSPS) is 9.86. The highest BCUT2D eigenvalue weighted by Gasteiger charge is 2.00. The molecule has 0 radical (unpaired) electrons. The zero-order valence-electron chi connectivity index (χ0n) is 7.66. The largest absolute Gasteiger partial charge is 0.396 e. The van der Waals surface area contributed by atoms with E-state index in [-0.39, 0.29) is 12.5 Å². The van der Waals surface area contributed by atoms with Gasteiger partial charge in [-0.05, 0) is 30.7 Å². The third-order valence-corrected chi connectivity index (χ3v) is 1.94. The molecular formula is C10H12ClNO2. The SMILES string of the molecule is O=C(CCCO)Nc1ccc(Cl)cc1. The van der Waals surface area contributed by atoms with Crippen molar-refractivity contribution < 1.29 is 9.90 Å². The minimum atomic E-state index is -0.0960. The number of carbonyl (C=O) groups is 1. The van der Waals surface area contributed by atoms with E-state index < -0.39 is 0 Å². The van der Waals surface area contributed by atoms with Crippen LogP contribution in [-0.2, 0) is 4.79 Å². The number of anilines is 1. The van der Waals surface area contributed by atoms with Gasteiger partial charge in [-0.25, -0.2) is 0 Å². The van der Waals surface area contributed by atoms with Crippen molar-refractivity contribution in [1.29, 1.82) is 0 Å². The van der Waals surface area contributed by atoms with Crippen LogP contribution in [0.1, 0.15) is 12.8 Å². The standard InChI is InChI=1S/C10H12ClNO2/c11-8-3-5-9(6-4-8)12-10(14)2-1-7-13/h3-6,13H,1-2,7H2,(H,12,14). The first-order valence-electron chi connectivity index (χ1n) is 4.38. The number of rotatable bonds is 4. The van der Waals surface area contributed by atoms with Crippen LogP contribution in [0.2, 0.25) is 5.02 Å². The van der Waals surface area contributed by atoms with Crippen LogP contribution in [-0.4, -0.2) is 17.6 Å². The van der Waals surface area contributed by atoms with Crippen LogP contribution in [0.5, 0.6) is 0 Å². The molecule has 0 saturated heterocycles. The zero-order valence-corrected chi connectivity index (χ0v) is 8.42. The van der Waals surface area contributed by atoms with Crippen LogP contribution in [0.25, 0.3) is 0 Å². The number of hydrogen-bond acceptors (Lipinski definition) is 2. The predicted molar refractivity (Wildman–Crippen MR) is 56.4 cm³/mol. The first-order chi connectivity index (χ1) is 6.72. The molecule has 1 amide bonds. The number of benzene rings is 1. The van der Waals surface area contributed by atoms with Crippen molar-refractivity contribution in [1.82, 2.24) is 0 Å². The second kappa shape index (κ2) is 5.62. The minimum Gasteiger partial charge on any atom is -0.396 e. The Bertz CT molecular complexity index is 297. The van der Waals surface area contributed by atoms with Crippen molar-refractivity contribution in [2.24, 2.45) is 0 Å². The van der Waals surface area contributed by atoms with Gasteiger partial charge in [0.25, 0.3) is 0 Å². The van der Waals surface area contributed by atoms with Crippen molar-refractivity contribution in [2.45, 2.75) is 12.8 Å². The summed E-state index contributed by atoms with van der Waals surface area (Å²) in [7, 11) is 0. The van der Waals surface area contributed by atoms with E-state index in [1.165, 1.54) is 0 Å². The van der Waals surface area contributed by atoms with Gasteiger partial charge in [0.05, 0.1) is 0 Å². The molecule has 0 bridgehead atoms. The van der Waals surface area contributed by atoms with Crippen molar-refractivity contribution >= 4 is 23.2 Å². The highest BCUT2D eigenvalue weighted by molar-refractivity contribution is 6.30. The van der Waals surface area contributed by atoms with E-state index >= 15 is 0 Å². The predicted octanol–water partition coefficient (Wildman–Crippen LogP) is 2.05. The van der Waals surface area contributed by atoms with Crippen LogP contribution in [0.15, 0.2) is 24.3 Å². The molecule has 0 fully saturated rings. The third-order valence-electron chi connectivity index (χ3n) is 1.69. The topological polar surface area (TPSA) is 49.3 Å². The minimum absolute atomic E-state index is 0.0358. The van der Waals surface area contributed by atoms with Gasteiger partial charge in [-0.2, -0.15) is 0 Å². The zero-order chi connectivity index (χ0) is 10.4. The summed E-state index contributed by atoms with van der Waals surface area (Å²) in [6.45, 7) is 0.0358. The molecule has 1 rings (SSSR count). The number of carbonyl (C=O) groups excluding carboxylic acids is 1. The molecule has 0 spiro atoms. The summed E-state index contributed by atoms with van der Waals surface area (Å²) in [5, 5.41) is 11.9. The Morgan fingerprint density at radius 3 is 2.57 bits per heavy atom. The van der Waals surface area contributed by atoms with Crippen LogP contribution in [0, 0.1) is 0 Å². The molecule has 1 aromatic carbocycles. The maximum atomic E-state index is 11.2. The molecule has 0 heterocycles.